The molecule has 1 aromatic carbocycles. The van der Waals surface area contributed by atoms with E-state index in [0.717, 1.165) is 18.5 Å². The summed E-state index contributed by atoms with van der Waals surface area (Å²) in [7, 11) is 0. The fourth-order valence-electron chi connectivity index (χ4n) is 2.61. The van der Waals surface area contributed by atoms with E-state index in [-0.39, 0.29) is 17.8 Å². The molecule has 0 aliphatic carbocycles. The molecular formula is C15H20FNO2. The molecule has 2 atom stereocenters. The quantitative estimate of drug-likeness (QED) is 0.850. The number of ether oxygens (including phenoxy) is 1. The van der Waals surface area contributed by atoms with E-state index < -0.39 is 6.67 Å². The third-order valence-corrected chi connectivity index (χ3v) is 3.63. The molecule has 4 heteroatoms. The molecule has 1 aliphatic rings. The van der Waals surface area contributed by atoms with Crippen molar-refractivity contribution in [1.82, 2.24) is 5.32 Å². The van der Waals surface area contributed by atoms with Gasteiger partial charge < -0.3 is 10.1 Å². The largest absolute Gasteiger partial charge is 0.466 e. The van der Waals surface area contributed by atoms with E-state index in [2.05, 4.69) is 5.32 Å². The summed E-state index contributed by atoms with van der Waals surface area (Å²) in [5.74, 6) is -0.131. The van der Waals surface area contributed by atoms with Crippen LogP contribution < -0.4 is 5.32 Å². The maximum absolute atomic E-state index is 12.5. The second kappa shape index (κ2) is 6.66. The molecule has 0 amide bonds. The molecule has 1 saturated heterocycles. The van der Waals surface area contributed by atoms with Crippen LogP contribution in [0.2, 0.25) is 0 Å². The summed E-state index contributed by atoms with van der Waals surface area (Å²) in [5.41, 5.74) is 1.77. The number of hydrogen-bond acceptors (Lipinski definition) is 3. The van der Waals surface area contributed by atoms with Gasteiger partial charge in [-0.1, -0.05) is 24.3 Å². The van der Waals surface area contributed by atoms with E-state index in [1.807, 2.05) is 19.1 Å². The minimum Gasteiger partial charge on any atom is -0.466 e. The summed E-state index contributed by atoms with van der Waals surface area (Å²) >= 11 is 0. The molecule has 1 aromatic rings. The van der Waals surface area contributed by atoms with Crippen molar-refractivity contribution < 1.29 is 13.9 Å². The van der Waals surface area contributed by atoms with Crippen LogP contribution >= 0.6 is 0 Å². The first-order chi connectivity index (χ1) is 9.26. The number of nitrogens with one attached hydrogen (secondary N) is 1. The fourth-order valence-corrected chi connectivity index (χ4v) is 2.61. The van der Waals surface area contributed by atoms with Gasteiger partial charge in [0.2, 0.25) is 0 Å². The van der Waals surface area contributed by atoms with Gasteiger partial charge in [-0.15, -0.1) is 0 Å². The number of alkyl halides is 1. The number of esters is 1. The number of carbonyl (C=O) groups excluding carboxylic acids is 1. The molecule has 1 fully saturated rings. The first-order valence-electron chi connectivity index (χ1n) is 6.78. The normalized spacial score (nSPS) is 23.1. The van der Waals surface area contributed by atoms with Gasteiger partial charge in [-0.2, -0.15) is 0 Å². The van der Waals surface area contributed by atoms with Crippen molar-refractivity contribution in [2.45, 2.75) is 25.9 Å². The zero-order valence-corrected chi connectivity index (χ0v) is 11.2. The molecule has 0 radical (unpaired) electrons. The highest BCUT2D eigenvalue weighted by Crippen LogP contribution is 2.31. The van der Waals surface area contributed by atoms with Crippen LogP contribution in [0.25, 0.3) is 0 Å². The number of rotatable bonds is 4. The maximum atomic E-state index is 12.5. The standard InChI is InChI=1S/C15H20FNO2/c1-2-19-15(18)14-10-17-8-7-13(14)12-5-3-11(9-16)4-6-12/h3-6,13-14,17H,2,7-10H2,1H3/t13-,14-/m1/s1. The molecule has 0 unspecified atom stereocenters. The average Bonchev–Trinajstić information content (AvgIpc) is 2.47. The minimum absolute atomic E-state index is 0.144. The average molecular weight is 265 g/mol. The molecular weight excluding hydrogens is 245 g/mol. The third-order valence-electron chi connectivity index (χ3n) is 3.63. The van der Waals surface area contributed by atoms with Crippen LogP contribution in [-0.4, -0.2) is 25.7 Å². The van der Waals surface area contributed by atoms with Crippen molar-refractivity contribution in [3.8, 4) is 0 Å². The first kappa shape index (κ1) is 14.0. The van der Waals surface area contributed by atoms with Gasteiger partial charge in [0, 0.05) is 6.54 Å². The lowest BCUT2D eigenvalue weighted by atomic mass is 9.81. The lowest BCUT2D eigenvalue weighted by Gasteiger charge is -2.30. The Morgan fingerprint density at radius 3 is 2.79 bits per heavy atom. The molecule has 0 bridgehead atoms. The van der Waals surface area contributed by atoms with E-state index in [1.165, 1.54) is 0 Å². The number of piperidine rings is 1. The Labute approximate surface area is 113 Å². The molecule has 1 heterocycles. The second-order valence-electron chi connectivity index (χ2n) is 4.83. The van der Waals surface area contributed by atoms with E-state index in [1.54, 1.807) is 12.1 Å². The molecule has 104 valence electrons. The van der Waals surface area contributed by atoms with Gasteiger partial charge in [0.15, 0.2) is 0 Å². The Balaban J connectivity index is 2.15. The van der Waals surface area contributed by atoms with E-state index in [4.69, 9.17) is 4.74 Å². The third kappa shape index (κ3) is 3.32. The molecule has 1 aliphatic heterocycles. The van der Waals surface area contributed by atoms with Gasteiger partial charge in [-0.3, -0.25) is 4.79 Å². The molecule has 0 aromatic heterocycles. The smallest absolute Gasteiger partial charge is 0.310 e. The second-order valence-corrected chi connectivity index (χ2v) is 4.83. The van der Waals surface area contributed by atoms with Gasteiger partial charge >= 0.3 is 5.97 Å². The Kier molecular flexibility index (Phi) is 4.91. The van der Waals surface area contributed by atoms with Crippen molar-refractivity contribution in [3.63, 3.8) is 0 Å². The summed E-state index contributed by atoms with van der Waals surface area (Å²) in [4.78, 5) is 12.0. The molecule has 0 spiro atoms. The highest BCUT2D eigenvalue weighted by Gasteiger charge is 2.32. The summed E-state index contributed by atoms with van der Waals surface area (Å²) < 4.78 is 17.7. The lowest BCUT2D eigenvalue weighted by molar-refractivity contribution is -0.149. The Bertz CT molecular complexity index is 419. The first-order valence-corrected chi connectivity index (χ1v) is 6.78. The number of halogens is 1. The van der Waals surface area contributed by atoms with Crippen LogP contribution in [0.1, 0.15) is 30.4 Å². The molecule has 3 nitrogen and oxygen atoms in total. The summed E-state index contributed by atoms with van der Waals surface area (Å²) in [6, 6.07) is 7.44. The van der Waals surface area contributed by atoms with Crippen LogP contribution in [0.3, 0.4) is 0 Å². The highest BCUT2D eigenvalue weighted by molar-refractivity contribution is 5.74. The summed E-state index contributed by atoms with van der Waals surface area (Å²) in [5, 5.41) is 3.24. The monoisotopic (exact) mass is 265 g/mol. The van der Waals surface area contributed by atoms with Gasteiger partial charge in [-0.25, -0.2) is 4.39 Å². The van der Waals surface area contributed by atoms with Crippen molar-refractivity contribution in [3.05, 3.63) is 35.4 Å². The molecule has 0 saturated carbocycles. The van der Waals surface area contributed by atoms with Crippen molar-refractivity contribution in [1.29, 1.82) is 0 Å². The van der Waals surface area contributed by atoms with E-state index >= 15 is 0 Å². The van der Waals surface area contributed by atoms with Crippen molar-refractivity contribution >= 4 is 5.97 Å². The molecule has 1 N–H and O–H groups in total. The van der Waals surface area contributed by atoms with Gasteiger partial charge in [0.25, 0.3) is 0 Å². The number of hydrogen-bond donors (Lipinski definition) is 1. The topological polar surface area (TPSA) is 38.3 Å². The van der Waals surface area contributed by atoms with Gasteiger partial charge in [0.05, 0.1) is 12.5 Å². The zero-order valence-electron chi connectivity index (χ0n) is 11.2. The van der Waals surface area contributed by atoms with Crippen molar-refractivity contribution in [2.24, 2.45) is 5.92 Å². The SMILES string of the molecule is CCOC(=O)[C@@H]1CNCC[C@@H]1c1ccc(CF)cc1. The summed E-state index contributed by atoms with van der Waals surface area (Å²) in [6.07, 6.45) is 0.901. The predicted molar refractivity (Wildman–Crippen MR) is 71.6 cm³/mol. The van der Waals surface area contributed by atoms with Crippen LogP contribution in [-0.2, 0) is 16.2 Å². The molecule has 2 rings (SSSR count). The van der Waals surface area contributed by atoms with E-state index in [0.29, 0.717) is 18.7 Å². The summed E-state index contributed by atoms with van der Waals surface area (Å²) in [6.45, 7) is 3.32. The van der Waals surface area contributed by atoms with Gasteiger partial charge in [-0.05, 0) is 36.9 Å². The Hall–Kier alpha value is -1.42. The van der Waals surface area contributed by atoms with Crippen LogP contribution in [0.15, 0.2) is 24.3 Å². The number of carbonyl (C=O) groups is 1. The predicted octanol–water partition coefficient (Wildman–Crippen LogP) is 2.41. The van der Waals surface area contributed by atoms with Crippen molar-refractivity contribution in [2.75, 3.05) is 19.7 Å². The highest BCUT2D eigenvalue weighted by atomic mass is 19.1. The maximum Gasteiger partial charge on any atom is 0.310 e. The Morgan fingerprint density at radius 2 is 2.16 bits per heavy atom. The van der Waals surface area contributed by atoms with E-state index in [9.17, 15) is 9.18 Å². The lowest BCUT2D eigenvalue weighted by Crippen LogP contribution is -2.40. The minimum atomic E-state index is -0.451. The fraction of sp³-hybridized carbons (Fsp3) is 0.533. The van der Waals surface area contributed by atoms with Crippen LogP contribution in [0.5, 0.6) is 0 Å². The Morgan fingerprint density at radius 1 is 1.42 bits per heavy atom. The van der Waals surface area contributed by atoms with Crippen LogP contribution in [0, 0.1) is 5.92 Å². The van der Waals surface area contributed by atoms with Crippen LogP contribution in [0.4, 0.5) is 4.39 Å². The molecule has 19 heavy (non-hydrogen) atoms. The number of benzene rings is 1. The van der Waals surface area contributed by atoms with Gasteiger partial charge in [0.1, 0.15) is 6.67 Å². The zero-order chi connectivity index (χ0) is 13.7.